The fourth-order valence-corrected chi connectivity index (χ4v) is 0.709. The maximum atomic E-state index is 12.3. The minimum Gasteiger partial charge on any atom is -0.322 e. The molecule has 0 radical (unpaired) electrons. The Hall–Kier alpha value is -1.57. The zero-order valence-corrected chi connectivity index (χ0v) is 7.72. The average Bonchev–Trinajstić information content (AvgIpc) is 2.54. The van der Waals surface area contributed by atoms with Crippen molar-refractivity contribution in [2.75, 3.05) is 5.32 Å². The third-order valence-electron chi connectivity index (χ3n) is 1.82. The van der Waals surface area contributed by atoms with Crippen LogP contribution in [0.15, 0.2) is 12.4 Å². The number of aromatic nitrogens is 2. The first kappa shape index (κ1) is 11.5. The molecule has 1 amide bonds. The van der Waals surface area contributed by atoms with Crippen LogP contribution >= 0.6 is 0 Å². The van der Waals surface area contributed by atoms with E-state index in [2.05, 4.69) is 10.2 Å². The van der Waals surface area contributed by atoms with E-state index in [0.717, 1.165) is 0 Å². The van der Waals surface area contributed by atoms with Gasteiger partial charge in [0.2, 0.25) is 0 Å². The van der Waals surface area contributed by atoms with E-state index in [1.54, 1.807) is 0 Å². The number of anilines is 1. The van der Waals surface area contributed by atoms with Gasteiger partial charge in [0, 0.05) is 6.20 Å². The van der Waals surface area contributed by atoms with Crippen molar-refractivity contribution in [1.82, 2.24) is 10.2 Å². The highest BCUT2D eigenvalue weighted by atomic mass is 19.4. The molecule has 1 heterocycles. The molecule has 0 aliphatic heterocycles. The molecule has 84 valence electrons. The maximum Gasteiger partial charge on any atom is 0.415 e. The molecule has 1 aromatic heterocycles. The second-order valence-electron chi connectivity index (χ2n) is 3.14. The molecular weight excluding hydrogens is 213 g/mol. The Morgan fingerprint density at radius 1 is 1.60 bits per heavy atom. The molecule has 0 saturated heterocycles. The van der Waals surface area contributed by atoms with Crippen LogP contribution in [0.4, 0.5) is 18.9 Å². The molecule has 0 fully saturated rings. The van der Waals surface area contributed by atoms with Gasteiger partial charge in [-0.3, -0.25) is 9.89 Å². The van der Waals surface area contributed by atoms with Crippen molar-refractivity contribution in [2.24, 2.45) is 5.73 Å². The van der Waals surface area contributed by atoms with E-state index >= 15 is 0 Å². The molecule has 0 aliphatic rings. The Morgan fingerprint density at radius 2 is 2.20 bits per heavy atom. The molecule has 0 saturated carbocycles. The van der Waals surface area contributed by atoms with Gasteiger partial charge in [-0.1, -0.05) is 0 Å². The quantitative estimate of drug-likeness (QED) is 0.686. The highest BCUT2D eigenvalue weighted by Crippen LogP contribution is 2.28. The zero-order chi connectivity index (χ0) is 11.7. The molecule has 1 rings (SSSR count). The van der Waals surface area contributed by atoms with Crippen molar-refractivity contribution >= 4 is 11.6 Å². The number of amides is 1. The fourth-order valence-electron chi connectivity index (χ4n) is 0.709. The van der Waals surface area contributed by atoms with Gasteiger partial charge in [0.1, 0.15) is 0 Å². The van der Waals surface area contributed by atoms with Crippen LogP contribution in [-0.2, 0) is 4.79 Å². The first-order valence-corrected chi connectivity index (χ1v) is 3.91. The number of hydrogen-bond acceptors (Lipinski definition) is 3. The van der Waals surface area contributed by atoms with E-state index in [0.29, 0.717) is 6.92 Å². The molecular formula is C7H9F3N4O. The fraction of sp³-hybridized carbons (Fsp3) is 0.429. The monoisotopic (exact) mass is 222 g/mol. The minimum atomic E-state index is -4.80. The van der Waals surface area contributed by atoms with Crippen LogP contribution in [0.3, 0.4) is 0 Å². The van der Waals surface area contributed by atoms with Gasteiger partial charge < -0.3 is 11.1 Å². The lowest BCUT2D eigenvalue weighted by atomic mass is 10.0. The molecule has 15 heavy (non-hydrogen) atoms. The van der Waals surface area contributed by atoms with Crippen LogP contribution in [0.5, 0.6) is 0 Å². The molecule has 1 unspecified atom stereocenters. The highest BCUT2D eigenvalue weighted by Gasteiger charge is 2.53. The Kier molecular flexibility index (Phi) is 2.71. The average molecular weight is 222 g/mol. The zero-order valence-electron chi connectivity index (χ0n) is 7.72. The summed E-state index contributed by atoms with van der Waals surface area (Å²) < 4.78 is 36.9. The smallest absolute Gasteiger partial charge is 0.322 e. The molecule has 1 atom stereocenters. The number of rotatable bonds is 2. The number of hydrogen-bond donors (Lipinski definition) is 3. The number of nitrogens with zero attached hydrogens (tertiary/aromatic N) is 1. The Morgan fingerprint density at radius 3 is 2.60 bits per heavy atom. The largest absolute Gasteiger partial charge is 0.415 e. The Bertz CT molecular complexity index is 344. The predicted molar refractivity (Wildman–Crippen MR) is 45.9 cm³/mol. The molecule has 1 aromatic rings. The Labute approximate surface area is 82.8 Å². The number of carbonyl (C=O) groups is 1. The van der Waals surface area contributed by atoms with Gasteiger partial charge in [-0.15, -0.1) is 0 Å². The molecule has 4 N–H and O–H groups in total. The van der Waals surface area contributed by atoms with Crippen LogP contribution in [-0.4, -0.2) is 27.8 Å². The highest BCUT2D eigenvalue weighted by molar-refractivity contribution is 5.98. The number of aromatic amines is 1. The normalized spacial score (nSPS) is 15.8. The van der Waals surface area contributed by atoms with E-state index in [1.165, 1.54) is 12.4 Å². The second-order valence-corrected chi connectivity index (χ2v) is 3.14. The predicted octanol–water partition coefficient (Wildman–Crippen LogP) is 0.628. The summed E-state index contributed by atoms with van der Waals surface area (Å²) in [5, 5.41) is 7.79. The number of H-pyrrole nitrogens is 1. The van der Waals surface area contributed by atoms with Crippen LogP contribution < -0.4 is 11.1 Å². The van der Waals surface area contributed by atoms with Crippen molar-refractivity contribution < 1.29 is 18.0 Å². The summed E-state index contributed by atoms with van der Waals surface area (Å²) in [6.07, 6.45) is -2.39. The third kappa shape index (κ3) is 2.27. The van der Waals surface area contributed by atoms with E-state index in [4.69, 9.17) is 5.73 Å². The number of halogens is 3. The minimum absolute atomic E-state index is 0.126. The van der Waals surface area contributed by atoms with Gasteiger partial charge >= 0.3 is 6.18 Å². The van der Waals surface area contributed by atoms with Crippen molar-refractivity contribution in [2.45, 2.75) is 18.6 Å². The summed E-state index contributed by atoms with van der Waals surface area (Å²) in [4.78, 5) is 11.2. The van der Waals surface area contributed by atoms with Crippen molar-refractivity contribution in [3.63, 3.8) is 0 Å². The van der Waals surface area contributed by atoms with E-state index in [1.807, 2.05) is 5.32 Å². The lowest BCUT2D eigenvalue weighted by molar-refractivity contribution is -0.184. The summed E-state index contributed by atoms with van der Waals surface area (Å²) in [7, 11) is 0. The van der Waals surface area contributed by atoms with E-state index in [-0.39, 0.29) is 5.69 Å². The van der Waals surface area contributed by atoms with Crippen LogP contribution in [0.2, 0.25) is 0 Å². The van der Waals surface area contributed by atoms with Crippen molar-refractivity contribution in [3.8, 4) is 0 Å². The first-order valence-electron chi connectivity index (χ1n) is 3.91. The molecule has 8 heteroatoms. The van der Waals surface area contributed by atoms with Crippen LogP contribution in [0.1, 0.15) is 6.92 Å². The van der Waals surface area contributed by atoms with Gasteiger partial charge in [-0.05, 0) is 6.92 Å². The summed E-state index contributed by atoms with van der Waals surface area (Å²) >= 11 is 0. The number of nitrogens with two attached hydrogens (primary N) is 1. The molecule has 0 spiro atoms. The summed E-state index contributed by atoms with van der Waals surface area (Å²) in [6, 6.07) is 0. The molecule has 0 bridgehead atoms. The SMILES string of the molecule is CC(N)(C(=O)Nc1cn[nH]c1)C(F)(F)F. The van der Waals surface area contributed by atoms with Gasteiger partial charge in [-0.2, -0.15) is 18.3 Å². The summed E-state index contributed by atoms with van der Waals surface area (Å²) in [5.41, 5.74) is 2.09. The Balaban J connectivity index is 2.77. The van der Waals surface area contributed by atoms with Gasteiger partial charge in [0.05, 0.1) is 11.9 Å². The second kappa shape index (κ2) is 3.54. The van der Waals surface area contributed by atoms with Crippen LogP contribution in [0, 0.1) is 0 Å². The van der Waals surface area contributed by atoms with Gasteiger partial charge in [0.15, 0.2) is 5.54 Å². The maximum absolute atomic E-state index is 12.3. The number of nitrogens with one attached hydrogen (secondary N) is 2. The molecule has 0 aliphatic carbocycles. The van der Waals surface area contributed by atoms with Crippen LogP contribution in [0.25, 0.3) is 0 Å². The van der Waals surface area contributed by atoms with E-state index < -0.39 is 17.6 Å². The van der Waals surface area contributed by atoms with Gasteiger partial charge in [0.25, 0.3) is 5.91 Å². The summed E-state index contributed by atoms with van der Waals surface area (Å²) in [5.74, 6) is -1.34. The topological polar surface area (TPSA) is 83.8 Å². The first-order chi connectivity index (χ1) is 6.75. The lowest BCUT2D eigenvalue weighted by Crippen LogP contribution is -2.59. The van der Waals surface area contributed by atoms with Crippen molar-refractivity contribution in [1.29, 1.82) is 0 Å². The van der Waals surface area contributed by atoms with Crippen molar-refractivity contribution in [3.05, 3.63) is 12.4 Å². The van der Waals surface area contributed by atoms with E-state index in [9.17, 15) is 18.0 Å². The standard InChI is InChI=1S/C7H9F3N4O/c1-6(11,7(8,9)10)5(15)14-4-2-12-13-3-4/h2-3H,11H2,1H3,(H,12,13)(H,14,15). The third-order valence-corrected chi connectivity index (χ3v) is 1.82. The molecule has 0 aromatic carbocycles. The lowest BCUT2D eigenvalue weighted by Gasteiger charge is -2.25. The number of carbonyl (C=O) groups excluding carboxylic acids is 1. The number of alkyl halides is 3. The van der Waals surface area contributed by atoms with Gasteiger partial charge in [-0.25, -0.2) is 0 Å². The molecule has 5 nitrogen and oxygen atoms in total. The summed E-state index contributed by atoms with van der Waals surface area (Å²) in [6.45, 7) is 0.600.